The second-order valence-corrected chi connectivity index (χ2v) is 4.69. The Morgan fingerprint density at radius 3 is 2.88 bits per heavy atom. The smallest absolute Gasteiger partial charge is 0.248 e. The maximum Gasteiger partial charge on any atom is 0.248 e. The van der Waals surface area contributed by atoms with Gasteiger partial charge in [0.2, 0.25) is 21.9 Å². The minimum absolute atomic E-state index is 0.0292. The summed E-state index contributed by atoms with van der Waals surface area (Å²) in [6.45, 7) is 0. The fourth-order valence-corrected chi connectivity index (χ4v) is 1.59. The largest absolute Gasteiger partial charge is 0.481 e. The Bertz CT molecular complexity index is 525. The van der Waals surface area contributed by atoms with Gasteiger partial charge in [-0.3, -0.25) is 4.72 Å². The van der Waals surface area contributed by atoms with E-state index in [2.05, 4.69) is 9.97 Å². The standard InChI is InChI=1S/C7H7ClN4O3S/c1-15-6-4-5(8)10-7(11-6)12-16(13,14)3-2-9/h4H,3H2,1H3,(H,10,11,12). The molecule has 16 heavy (non-hydrogen) atoms. The summed E-state index contributed by atoms with van der Waals surface area (Å²) in [5.41, 5.74) is 0. The van der Waals surface area contributed by atoms with Gasteiger partial charge in [0.1, 0.15) is 5.15 Å². The number of hydrogen-bond donors (Lipinski definition) is 1. The molecule has 0 saturated carbocycles. The van der Waals surface area contributed by atoms with Gasteiger partial charge in [-0.1, -0.05) is 11.6 Å². The van der Waals surface area contributed by atoms with Gasteiger partial charge in [0.25, 0.3) is 0 Å². The Kier molecular flexibility index (Phi) is 3.87. The van der Waals surface area contributed by atoms with Crippen molar-refractivity contribution in [2.24, 2.45) is 0 Å². The first-order valence-electron chi connectivity index (χ1n) is 3.93. The van der Waals surface area contributed by atoms with Gasteiger partial charge in [-0.15, -0.1) is 0 Å². The number of halogens is 1. The third kappa shape index (κ3) is 3.52. The fraction of sp³-hybridized carbons (Fsp3) is 0.286. The van der Waals surface area contributed by atoms with Gasteiger partial charge in [-0.25, -0.2) is 13.4 Å². The number of anilines is 1. The van der Waals surface area contributed by atoms with E-state index in [-0.39, 0.29) is 17.0 Å². The minimum Gasteiger partial charge on any atom is -0.481 e. The molecule has 0 saturated heterocycles. The molecule has 0 fully saturated rings. The van der Waals surface area contributed by atoms with E-state index in [4.69, 9.17) is 21.6 Å². The number of methoxy groups -OCH3 is 1. The molecule has 0 unspecified atom stereocenters. The Hall–Kier alpha value is -1.59. The second-order valence-electron chi connectivity index (χ2n) is 2.58. The van der Waals surface area contributed by atoms with E-state index >= 15 is 0 Å². The molecule has 1 N–H and O–H groups in total. The van der Waals surface area contributed by atoms with E-state index in [1.54, 1.807) is 0 Å². The Morgan fingerprint density at radius 2 is 2.31 bits per heavy atom. The lowest BCUT2D eigenvalue weighted by molar-refractivity contribution is 0.397. The molecule has 1 aromatic rings. The first-order valence-corrected chi connectivity index (χ1v) is 5.96. The Morgan fingerprint density at radius 1 is 1.62 bits per heavy atom. The molecular formula is C7H7ClN4O3S. The molecule has 7 nitrogen and oxygen atoms in total. The van der Waals surface area contributed by atoms with Crippen LogP contribution in [-0.4, -0.2) is 31.2 Å². The van der Waals surface area contributed by atoms with E-state index in [0.29, 0.717) is 0 Å². The number of nitrogens with zero attached hydrogens (tertiary/aromatic N) is 3. The van der Waals surface area contributed by atoms with Crippen LogP contribution in [0.5, 0.6) is 5.88 Å². The number of sulfonamides is 1. The van der Waals surface area contributed by atoms with Crippen molar-refractivity contribution < 1.29 is 13.2 Å². The van der Waals surface area contributed by atoms with E-state index in [9.17, 15) is 8.42 Å². The van der Waals surface area contributed by atoms with Crippen LogP contribution in [0.25, 0.3) is 0 Å². The molecule has 0 aliphatic heterocycles. The van der Waals surface area contributed by atoms with Crippen LogP contribution in [0.3, 0.4) is 0 Å². The van der Waals surface area contributed by atoms with Gasteiger partial charge in [-0.2, -0.15) is 10.2 Å². The fourth-order valence-electron chi connectivity index (χ4n) is 0.807. The van der Waals surface area contributed by atoms with Gasteiger partial charge >= 0.3 is 0 Å². The van der Waals surface area contributed by atoms with Gasteiger partial charge in [0.05, 0.1) is 13.2 Å². The van der Waals surface area contributed by atoms with E-state index < -0.39 is 15.8 Å². The van der Waals surface area contributed by atoms with Crippen LogP contribution in [0, 0.1) is 11.3 Å². The van der Waals surface area contributed by atoms with Crippen molar-refractivity contribution in [3.8, 4) is 11.9 Å². The van der Waals surface area contributed by atoms with Crippen molar-refractivity contribution >= 4 is 27.6 Å². The average Bonchev–Trinajstić information content (AvgIpc) is 2.15. The molecule has 1 rings (SSSR count). The molecule has 0 aliphatic carbocycles. The lowest BCUT2D eigenvalue weighted by atomic mass is 10.6. The second kappa shape index (κ2) is 4.96. The summed E-state index contributed by atoms with van der Waals surface area (Å²) in [6, 6.07) is 2.82. The van der Waals surface area contributed by atoms with E-state index in [1.807, 2.05) is 4.72 Å². The van der Waals surface area contributed by atoms with Crippen LogP contribution < -0.4 is 9.46 Å². The van der Waals surface area contributed by atoms with Crippen molar-refractivity contribution in [2.45, 2.75) is 0 Å². The Balaban J connectivity index is 2.98. The molecule has 0 aliphatic rings. The zero-order valence-corrected chi connectivity index (χ0v) is 9.71. The minimum atomic E-state index is -3.78. The number of nitriles is 1. The molecule has 1 aromatic heterocycles. The summed E-state index contributed by atoms with van der Waals surface area (Å²) in [7, 11) is -2.42. The summed E-state index contributed by atoms with van der Waals surface area (Å²) >= 11 is 5.60. The van der Waals surface area contributed by atoms with E-state index in [1.165, 1.54) is 19.2 Å². The highest BCUT2D eigenvalue weighted by Gasteiger charge is 2.13. The van der Waals surface area contributed by atoms with Gasteiger partial charge in [0, 0.05) is 6.07 Å². The van der Waals surface area contributed by atoms with Crippen molar-refractivity contribution in [3.05, 3.63) is 11.2 Å². The molecule has 1 heterocycles. The quantitative estimate of drug-likeness (QED) is 0.788. The van der Waals surface area contributed by atoms with Crippen LogP contribution in [0.1, 0.15) is 0 Å². The lowest BCUT2D eigenvalue weighted by Gasteiger charge is -2.05. The molecule has 0 amide bonds. The molecule has 9 heteroatoms. The maximum absolute atomic E-state index is 11.2. The SMILES string of the molecule is COc1cc(Cl)nc(NS(=O)(=O)CC#N)n1. The first-order chi connectivity index (χ1) is 7.46. The summed E-state index contributed by atoms with van der Waals surface area (Å²) in [6.07, 6.45) is 0. The lowest BCUT2D eigenvalue weighted by Crippen LogP contribution is -2.17. The monoisotopic (exact) mass is 262 g/mol. The molecule has 0 bridgehead atoms. The summed E-state index contributed by atoms with van der Waals surface area (Å²) in [4.78, 5) is 7.33. The van der Waals surface area contributed by atoms with Crippen LogP contribution in [0.2, 0.25) is 5.15 Å². The van der Waals surface area contributed by atoms with Crippen molar-refractivity contribution in [3.63, 3.8) is 0 Å². The Labute approximate surface area is 97.1 Å². The number of rotatable bonds is 4. The summed E-state index contributed by atoms with van der Waals surface area (Å²) < 4.78 is 29.2. The molecule has 0 aromatic carbocycles. The topological polar surface area (TPSA) is 105 Å². The number of ether oxygens (including phenoxy) is 1. The highest BCUT2D eigenvalue weighted by molar-refractivity contribution is 7.92. The molecule has 0 radical (unpaired) electrons. The number of nitrogens with one attached hydrogen (secondary N) is 1. The molecule has 0 atom stereocenters. The van der Waals surface area contributed by atoms with Crippen molar-refractivity contribution in [1.82, 2.24) is 9.97 Å². The van der Waals surface area contributed by atoms with Crippen LogP contribution in [0.15, 0.2) is 6.07 Å². The van der Waals surface area contributed by atoms with E-state index in [0.717, 1.165) is 0 Å². The van der Waals surface area contributed by atoms with Gasteiger partial charge < -0.3 is 4.74 Å². The average molecular weight is 263 g/mol. The first kappa shape index (κ1) is 12.5. The van der Waals surface area contributed by atoms with Crippen LogP contribution >= 0.6 is 11.6 Å². The zero-order chi connectivity index (χ0) is 12.2. The highest BCUT2D eigenvalue weighted by Crippen LogP contribution is 2.16. The predicted octanol–water partition coefficient (Wildman–Crippen LogP) is 0.404. The van der Waals surface area contributed by atoms with Crippen molar-refractivity contribution in [2.75, 3.05) is 17.6 Å². The number of aromatic nitrogens is 2. The normalized spacial score (nSPS) is 10.6. The van der Waals surface area contributed by atoms with Crippen LogP contribution in [0.4, 0.5) is 5.95 Å². The number of hydrogen-bond acceptors (Lipinski definition) is 6. The third-order valence-electron chi connectivity index (χ3n) is 1.38. The third-order valence-corrected chi connectivity index (χ3v) is 2.58. The zero-order valence-electron chi connectivity index (χ0n) is 8.14. The summed E-state index contributed by atoms with van der Waals surface area (Å²) in [5, 5.41) is 8.30. The van der Waals surface area contributed by atoms with Gasteiger partial charge in [-0.05, 0) is 0 Å². The maximum atomic E-state index is 11.2. The predicted molar refractivity (Wildman–Crippen MR) is 56.6 cm³/mol. The van der Waals surface area contributed by atoms with Crippen LogP contribution in [-0.2, 0) is 10.0 Å². The van der Waals surface area contributed by atoms with Gasteiger partial charge in [0.15, 0.2) is 5.75 Å². The molecule has 86 valence electrons. The highest BCUT2D eigenvalue weighted by atomic mass is 35.5. The van der Waals surface area contributed by atoms with Crippen molar-refractivity contribution in [1.29, 1.82) is 5.26 Å². The molecular weight excluding hydrogens is 256 g/mol. The summed E-state index contributed by atoms with van der Waals surface area (Å²) in [5.74, 6) is -0.806. The molecule has 0 spiro atoms.